The van der Waals surface area contributed by atoms with E-state index in [9.17, 15) is 4.79 Å². The molecule has 1 N–H and O–H groups in total. The number of thioether (sulfide) groups is 1. The molecule has 1 atom stereocenters. The standard InChI is InChI=1S/C21H23N5O3S/c1-12(2)29-15-7-6-14(10-16(15)28-4)19-18-13(3)25-26(21-22-8-5-9-23-21)20(18)24-17(27)11-30-19/h5-10,12,19H,11H2,1-4H3,(H,24,27)/t19-/m1/s1. The van der Waals surface area contributed by atoms with Crippen molar-refractivity contribution in [3.63, 3.8) is 0 Å². The first-order chi connectivity index (χ1) is 14.5. The summed E-state index contributed by atoms with van der Waals surface area (Å²) in [6.45, 7) is 5.87. The van der Waals surface area contributed by atoms with Crippen LogP contribution in [0.1, 0.15) is 35.9 Å². The number of fused-ring (bicyclic) bond motifs is 1. The van der Waals surface area contributed by atoms with Crippen LogP contribution in [-0.2, 0) is 4.79 Å². The SMILES string of the molecule is COc1cc([C@H]2SCC(=O)Nc3c2c(C)nn3-c2ncccn2)ccc1OC(C)C. The van der Waals surface area contributed by atoms with Gasteiger partial charge in [-0.25, -0.2) is 9.97 Å². The third-order valence-corrected chi connectivity index (χ3v) is 5.87. The van der Waals surface area contributed by atoms with E-state index in [4.69, 9.17) is 9.47 Å². The first-order valence-electron chi connectivity index (χ1n) is 9.61. The van der Waals surface area contributed by atoms with E-state index in [0.29, 0.717) is 29.0 Å². The highest BCUT2D eigenvalue weighted by Crippen LogP contribution is 2.45. The van der Waals surface area contributed by atoms with Crippen LogP contribution >= 0.6 is 11.8 Å². The smallest absolute Gasteiger partial charge is 0.252 e. The Balaban J connectivity index is 1.82. The molecule has 0 radical (unpaired) electrons. The summed E-state index contributed by atoms with van der Waals surface area (Å²) in [5.74, 6) is 2.58. The maximum atomic E-state index is 12.5. The number of hydrogen-bond acceptors (Lipinski definition) is 7. The molecule has 0 bridgehead atoms. The van der Waals surface area contributed by atoms with Gasteiger partial charge in [0.05, 0.1) is 29.9 Å². The number of methoxy groups -OCH3 is 1. The summed E-state index contributed by atoms with van der Waals surface area (Å²) in [6, 6.07) is 7.62. The molecule has 8 nitrogen and oxygen atoms in total. The average molecular weight is 426 g/mol. The predicted octanol–water partition coefficient (Wildman–Crippen LogP) is 3.54. The van der Waals surface area contributed by atoms with Crippen molar-refractivity contribution >= 4 is 23.5 Å². The number of carbonyl (C=O) groups is 1. The molecule has 3 aromatic rings. The zero-order chi connectivity index (χ0) is 21.3. The van der Waals surface area contributed by atoms with Gasteiger partial charge in [-0.3, -0.25) is 4.79 Å². The molecule has 4 rings (SSSR count). The molecule has 156 valence electrons. The van der Waals surface area contributed by atoms with Gasteiger partial charge < -0.3 is 14.8 Å². The lowest BCUT2D eigenvalue weighted by Crippen LogP contribution is -2.16. The minimum Gasteiger partial charge on any atom is -0.493 e. The number of aryl methyl sites for hydroxylation is 1. The molecule has 0 saturated heterocycles. The van der Waals surface area contributed by atoms with E-state index in [0.717, 1.165) is 16.8 Å². The number of aromatic nitrogens is 4. The Morgan fingerprint density at radius 3 is 2.70 bits per heavy atom. The molecule has 1 aliphatic heterocycles. The molecular formula is C21H23N5O3S. The fraction of sp³-hybridized carbons (Fsp3) is 0.333. The van der Waals surface area contributed by atoms with Crippen LogP contribution in [0.2, 0.25) is 0 Å². The Kier molecular flexibility index (Phi) is 5.63. The summed E-state index contributed by atoms with van der Waals surface area (Å²) < 4.78 is 13.0. The van der Waals surface area contributed by atoms with Gasteiger partial charge in [0.25, 0.3) is 5.95 Å². The van der Waals surface area contributed by atoms with E-state index in [1.165, 1.54) is 0 Å². The molecule has 0 unspecified atom stereocenters. The van der Waals surface area contributed by atoms with Crippen molar-refractivity contribution in [2.75, 3.05) is 18.2 Å². The lowest BCUT2D eigenvalue weighted by Gasteiger charge is -2.19. The van der Waals surface area contributed by atoms with Crippen molar-refractivity contribution in [3.8, 4) is 17.4 Å². The summed E-state index contributed by atoms with van der Waals surface area (Å²) in [4.78, 5) is 21.0. The lowest BCUT2D eigenvalue weighted by atomic mass is 10.0. The number of anilines is 1. The van der Waals surface area contributed by atoms with Crippen LogP contribution < -0.4 is 14.8 Å². The summed E-state index contributed by atoms with van der Waals surface area (Å²) >= 11 is 1.55. The maximum Gasteiger partial charge on any atom is 0.252 e. The molecule has 2 aromatic heterocycles. The van der Waals surface area contributed by atoms with Crippen LogP contribution in [0.4, 0.5) is 5.82 Å². The van der Waals surface area contributed by atoms with Crippen LogP contribution in [0.25, 0.3) is 5.95 Å². The monoisotopic (exact) mass is 425 g/mol. The van der Waals surface area contributed by atoms with Crippen molar-refractivity contribution in [2.45, 2.75) is 32.1 Å². The molecular weight excluding hydrogens is 402 g/mol. The van der Waals surface area contributed by atoms with Crippen molar-refractivity contribution in [1.29, 1.82) is 0 Å². The molecule has 1 amide bonds. The highest BCUT2D eigenvalue weighted by atomic mass is 32.2. The number of benzene rings is 1. The van der Waals surface area contributed by atoms with Gasteiger partial charge in [0.15, 0.2) is 11.5 Å². The van der Waals surface area contributed by atoms with Gasteiger partial charge in [-0.05, 0) is 44.5 Å². The van der Waals surface area contributed by atoms with Crippen molar-refractivity contribution in [1.82, 2.24) is 19.7 Å². The molecule has 0 fully saturated rings. The van der Waals surface area contributed by atoms with Crippen molar-refractivity contribution < 1.29 is 14.3 Å². The van der Waals surface area contributed by atoms with Crippen molar-refractivity contribution in [3.05, 3.63) is 53.5 Å². The van der Waals surface area contributed by atoms with E-state index in [1.54, 1.807) is 42.0 Å². The van der Waals surface area contributed by atoms with Gasteiger partial charge in [0, 0.05) is 18.0 Å². The van der Waals surface area contributed by atoms with E-state index in [-0.39, 0.29) is 17.3 Å². The zero-order valence-corrected chi connectivity index (χ0v) is 18.1. The number of hydrogen-bond donors (Lipinski definition) is 1. The lowest BCUT2D eigenvalue weighted by molar-refractivity contribution is -0.113. The molecule has 30 heavy (non-hydrogen) atoms. The molecule has 9 heteroatoms. The third kappa shape index (κ3) is 3.85. The highest BCUT2D eigenvalue weighted by Gasteiger charge is 2.31. The number of nitrogens with zero attached hydrogens (tertiary/aromatic N) is 4. The Hall–Kier alpha value is -3.07. The molecule has 3 heterocycles. The number of amides is 1. The van der Waals surface area contributed by atoms with Crippen LogP contribution in [0, 0.1) is 6.92 Å². The zero-order valence-electron chi connectivity index (χ0n) is 17.2. The van der Waals surface area contributed by atoms with Gasteiger partial charge in [-0.2, -0.15) is 9.78 Å². The number of carbonyl (C=O) groups excluding carboxylic acids is 1. The minimum absolute atomic E-state index is 0.0387. The van der Waals surface area contributed by atoms with Gasteiger partial charge in [-0.1, -0.05) is 6.07 Å². The minimum atomic E-state index is -0.113. The second kappa shape index (κ2) is 8.35. The van der Waals surface area contributed by atoms with Gasteiger partial charge in [-0.15, -0.1) is 11.8 Å². The summed E-state index contributed by atoms with van der Waals surface area (Å²) in [5.41, 5.74) is 2.74. The second-order valence-electron chi connectivity index (χ2n) is 7.12. The third-order valence-electron chi connectivity index (χ3n) is 4.60. The topological polar surface area (TPSA) is 91.2 Å². The summed E-state index contributed by atoms with van der Waals surface area (Å²) in [5, 5.41) is 7.49. The molecule has 0 saturated carbocycles. The number of rotatable bonds is 5. The van der Waals surface area contributed by atoms with Crippen LogP contribution in [0.3, 0.4) is 0 Å². The van der Waals surface area contributed by atoms with E-state index in [1.807, 2.05) is 39.0 Å². The average Bonchev–Trinajstić information content (AvgIpc) is 2.94. The van der Waals surface area contributed by atoms with Crippen molar-refractivity contribution in [2.24, 2.45) is 0 Å². The van der Waals surface area contributed by atoms with Gasteiger partial charge in [0.1, 0.15) is 5.82 Å². The Bertz CT molecular complexity index is 1070. The van der Waals surface area contributed by atoms with Gasteiger partial charge >= 0.3 is 0 Å². The number of nitrogens with one attached hydrogen (secondary N) is 1. The quantitative estimate of drug-likeness (QED) is 0.668. The predicted molar refractivity (Wildman–Crippen MR) is 116 cm³/mol. The molecule has 1 aliphatic rings. The normalized spacial score (nSPS) is 16.0. The first-order valence-corrected chi connectivity index (χ1v) is 10.7. The van der Waals surface area contributed by atoms with Crippen LogP contribution in [0.5, 0.6) is 11.5 Å². The van der Waals surface area contributed by atoms with Crippen LogP contribution in [0.15, 0.2) is 36.7 Å². The first kappa shape index (κ1) is 20.2. The highest BCUT2D eigenvalue weighted by molar-refractivity contribution is 8.00. The van der Waals surface area contributed by atoms with E-state index in [2.05, 4.69) is 20.4 Å². The fourth-order valence-corrected chi connectivity index (χ4v) is 4.57. The van der Waals surface area contributed by atoms with Gasteiger partial charge in [0.2, 0.25) is 5.91 Å². The Morgan fingerprint density at radius 1 is 1.23 bits per heavy atom. The molecule has 0 spiro atoms. The Morgan fingerprint density at radius 2 is 2.00 bits per heavy atom. The maximum absolute atomic E-state index is 12.5. The van der Waals surface area contributed by atoms with E-state index >= 15 is 0 Å². The molecule has 0 aliphatic carbocycles. The Labute approximate surface area is 179 Å². The molecule has 1 aromatic carbocycles. The largest absolute Gasteiger partial charge is 0.493 e. The van der Waals surface area contributed by atoms with E-state index < -0.39 is 0 Å². The van der Waals surface area contributed by atoms with Crippen LogP contribution in [-0.4, -0.2) is 44.6 Å². The second-order valence-corrected chi connectivity index (χ2v) is 8.22. The fourth-order valence-electron chi connectivity index (χ4n) is 3.39. The summed E-state index contributed by atoms with van der Waals surface area (Å²) in [6.07, 6.45) is 3.33. The number of ether oxygens (including phenoxy) is 2. The summed E-state index contributed by atoms with van der Waals surface area (Å²) in [7, 11) is 1.62.